The summed E-state index contributed by atoms with van der Waals surface area (Å²) in [5.74, 6) is 0.437. The van der Waals surface area contributed by atoms with Crippen molar-refractivity contribution in [2.75, 3.05) is 5.32 Å². The van der Waals surface area contributed by atoms with Gasteiger partial charge >= 0.3 is 0 Å². The first-order valence-electron chi connectivity index (χ1n) is 5.12. The van der Waals surface area contributed by atoms with Crippen LogP contribution in [0.15, 0.2) is 27.5 Å². The summed E-state index contributed by atoms with van der Waals surface area (Å²) in [6.45, 7) is 5.69. The van der Waals surface area contributed by atoms with Crippen LogP contribution in [-0.2, 0) is 10.0 Å². The molecule has 0 radical (unpaired) electrons. The van der Waals surface area contributed by atoms with Crippen LogP contribution >= 0.6 is 11.6 Å². The second-order valence-corrected chi connectivity index (χ2v) is 6.94. The summed E-state index contributed by atoms with van der Waals surface area (Å²) in [7, 11) is -3.66. The Hall–Kier alpha value is -1.07. The van der Waals surface area contributed by atoms with Crippen LogP contribution in [0.25, 0.3) is 0 Å². The summed E-state index contributed by atoms with van der Waals surface area (Å²) in [6, 6.07) is 4.70. The van der Waals surface area contributed by atoms with Crippen LogP contribution in [0, 0.1) is 5.41 Å². The molecule has 92 valence electrons. The topological polar surface area (TPSA) is 58.5 Å². The lowest BCUT2D eigenvalue weighted by Crippen LogP contribution is -2.32. The molecule has 1 heterocycles. The van der Waals surface area contributed by atoms with Gasteiger partial charge in [-0.15, -0.1) is 4.40 Å². The number of hydrogen-bond donors (Lipinski definition) is 1. The van der Waals surface area contributed by atoms with E-state index in [9.17, 15) is 8.42 Å². The Kier molecular flexibility index (Phi) is 2.71. The van der Waals surface area contributed by atoms with Gasteiger partial charge in [0.15, 0.2) is 0 Å². The Labute approximate surface area is 106 Å². The Balaban J connectivity index is 2.63. The van der Waals surface area contributed by atoms with Gasteiger partial charge in [-0.1, -0.05) is 32.4 Å². The van der Waals surface area contributed by atoms with Crippen molar-refractivity contribution >= 4 is 33.1 Å². The molecule has 1 N–H and O–H groups in total. The number of sulfonamides is 1. The lowest BCUT2D eigenvalue weighted by Gasteiger charge is -2.26. The van der Waals surface area contributed by atoms with Gasteiger partial charge in [0.1, 0.15) is 10.7 Å². The minimum absolute atomic E-state index is 0.123. The summed E-state index contributed by atoms with van der Waals surface area (Å²) in [5, 5.41) is 3.41. The highest BCUT2D eigenvalue weighted by molar-refractivity contribution is 7.90. The predicted octanol–water partition coefficient (Wildman–Crippen LogP) is 2.90. The van der Waals surface area contributed by atoms with E-state index in [-0.39, 0.29) is 10.3 Å². The monoisotopic (exact) mass is 272 g/mol. The van der Waals surface area contributed by atoms with Gasteiger partial charge in [0.2, 0.25) is 0 Å². The van der Waals surface area contributed by atoms with Gasteiger partial charge in [-0.3, -0.25) is 0 Å². The third kappa shape index (κ3) is 2.30. The van der Waals surface area contributed by atoms with Gasteiger partial charge in [0.05, 0.1) is 5.69 Å². The standard InChI is InChI=1S/C11H13ClN2O2S/c1-11(2,3)10-13-8-5-4-7(12)6-9(8)17(15,16)14-10/h4-6H,1-3H3,(H,13,14). The van der Waals surface area contributed by atoms with Crippen molar-refractivity contribution in [3.63, 3.8) is 0 Å². The lowest BCUT2D eigenvalue weighted by atomic mass is 9.95. The highest BCUT2D eigenvalue weighted by Crippen LogP contribution is 2.33. The number of rotatable bonds is 0. The van der Waals surface area contributed by atoms with Crippen LogP contribution in [0.1, 0.15) is 20.8 Å². The van der Waals surface area contributed by atoms with Crippen molar-refractivity contribution in [2.45, 2.75) is 25.7 Å². The molecule has 0 atom stereocenters. The maximum Gasteiger partial charge on any atom is 0.286 e. The minimum atomic E-state index is -3.66. The molecule has 1 aliphatic heterocycles. The second-order valence-electron chi connectivity index (χ2n) is 4.93. The normalized spacial score (nSPS) is 18.0. The van der Waals surface area contributed by atoms with E-state index in [0.29, 0.717) is 16.5 Å². The molecule has 0 aromatic heterocycles. The Morgan fingerprint density at radius 3 is 2.53 bits per heavy atom. The van der Waals surface area contributed by atoms with E-state index in [1.807, 2.05) is 20.8 Å². The molecular formula is C11H13ClN2O2S. The van der Waals surface area contributed by atoms with Crippen LogP contribution in [-0.4, -0.2) is 14.3 Å². The predicted molar refractivity (Wildman–Crippen MR) is 69.2 cm³/mol. The van der Waals surface area contributed by atoms with E-state index in [0.717, 1.165) is 0 Å². The SMILES string of the molecule is CC(C)(C)C1=NS(=O)(=O)c2cc(Cl)ccc2N1. The third-order valence-electron chi connectivity index (χ3n) is 2.40. The molecule has 0 fully saturated rings. The zero-order chi connectivity index (χ0) is 12.8. The van der Waals surface area contributed by atoms with Crippen LogP contribution in [0.2, 0.25) is 5.02 Å². The lowest BCUT2D eigenvalue weighted by molar-refractivity contribution is 0.578. The minimum Gasteiger partial charge on any atom is -0.341 e. The summed E-state index contributed by atoms with van der Waals surface area (Å²) in [5.41, 5.74) is 0.166. The van der Waals surface area contributed by atoms with E-state index < -0.39 is 10.0 Å². The highest BCUT2D eigenvalue weighted by atomic mass is 35.5. The zero-order valence-electron chi connectivity index (χ0n) is 9.78. The van der Waals surface area contributed by atoms with E-state index in [1.165, 1.54) is 6.07 Å². The summed E-state index contributed by atoms with van der Waals surface area (Å²) < 4.78 is 27.8. The Morgan fingerprint density at radius 2 is 1.94 bits per heavy atom. The van der Waals surface area contributed by atoms with Crippen molar-refractivity contribution < 1.29 is 8.42 Å². The molecule has 6 heteroatoms. The molecule has 1 aliphatic rings. The molecule has 1 aromatic rings. The first-order chi connectivity index (χ1) is 7.70. The van der Waals surface area contributed by atoms with E-state index in [1.54, 1.807) is 12.1 Å². The number of nitrogens with zero attached hydrogens (tertiary/aromatic N) is 1. The number of benzene rings is 1. The molecule has 1 aromatic carbocycles. The van der Waals surface area contributed by atoms with Crippen LogP contribution in [0.4, 0.5) is 5.69 Å². The number of amidine groups is 1. The Morgan fingerprint density at radius 1 is 1.29 bits per heavy atom. The van der Waals surface area contributed by atoms with Gasteiger partial charge in [0.25, 0.3) is 10.0 Å². The van der Waals surface area contributed by atoms with Crippen molar-refractivity contribution in [2.24, 2.45) is 9.81 Å². The molecule has 17 heavy (non-hydrogen) atoms. The molecule has 0 bridgehead atoms. The van der Waals surface area contributed by atoms with Gasteiger partial charge < -0.3 is 5.32 Å². The van der Waals surface area contributed by atoms with Gasteiger partial charge in [0, 0.05) is 10.4 Å². The van der Waals surface area contributed by atoms with Crippen molar-refractivity contribution in [1.29, 1.82) is 0 Å². The molecule has 4 nitrogen and oxygen atoms in total. The zero-order valence-corrected chi connectivity index (χ0v) is 11.4. The molecule has 0 amide bonds. The summed E-state index contributed by atoms with van der Waals surface area (Å²) >= 11 is 5.79. The number of fused-ring (bicyclic) bond motifs is 1. The molecule has 2 rings (SSSR count). The molecular weight excluding hydrogens is 260 g/mol. The highest BCUT2D eigenvalue weighted by Gasteiger charge is 2.30. The molecule has 0 saturated carbocycles. The summed E-state index contributed by atoms with van der Waals surface area (Å²) in [4.78, 5) is 0.123. The van der Waals surface area contributed by atoms with E-state index in [4.69, 9.17) is 11.6 Å². The van der Waals surface area contributed by atoms with Crippen molar-refractivity contribution in [3.8, 4) is 0 Å². The molecule has 0 spiro atoms. The fourth-order valence-corrected chi connectivity index (χ4v) is 3.02. The fourth-order valence-electron chi connectivity index (χ4n) is 1.46. The van der Waals surface area contributed by atoms with Crippen LogP contribution < -0.4 is 5.32 Å². The molecule has 0 saturated heterocycles. The van der Waals surface area contributed by atoms with Crippen LogP contribution in [0.5, 0.6) is 0 Å². The van der Waals surface area contributed by atoms with E-state index >= 15 is 0 Å². The number of nitrogens with one attached hydrogen (secondary N) is 1. The fraction of sp³-hybridized carbons (Fsp3) is 0.364. The van der Waals surface area contributed by atoms with E-state index in [2.05, 4.69) is 9.71 Å². The first-order valence-corrected chi connectivity index (χ1v) is 6.94. The van der Waals surface area contributed by atoms with Crippen molar-refractivity contribution in [1.82, 2.24) is 0 Å². The maximum absolute atomic E-state index is 12.0. The number of hydrogen-bond acceptors (Lipinski definition) is 3. The number of anilines is 1. The average Bonchev–Trinajstić information content (AvgIpc) is 2.16. The van der Waals surface area contributed by atoms with Crippen molar-refractivity contribution in [3.05, 3.63) is 23.2 Å². The largest absolute Gasteiger partial charge is 0.341 e. The van der Waals surface area contributed by atoms with Gasteiger partial charge in [-0.25, -0.2) is 0 Å². The molecule has 0 unspecified atom stereocenters. The number of halogens is 1. The maximum atomic E-state index is 12.0. The van der Waals surface area contributed by atoms with Gasteiger partial charge in [-0.2, -0.15) is 8.42 Å². The molecule has 0 aliphatic carbocycles. The quantitative estimate of drug-likeness (QED) is 0.790. The average molecular weight is 273 g/mol. The van der Waals surface area contributed by atoms with Crippen LogP contribution in [0.3, 0.4) is 0 Å². The Bertz CT molecular complexity index is 600. The smallest absolute Gasteiger partial charge is 0.286 e. The van der Waals surface area contributed by atoms with Gasteiger partial charge in [-0.05, 0) is 18.2 Å². The second kappa shape index (κ2) is 3.71. The summed E-state index contributed by atoms with van der Waals surface area (Å²) in [6.07, 6.45) is 0. The third-order valence-corrected chi connectivity index (χ3v) is 3.95. The first kappa shape index (κ1) is 12.4.